The molecule has 7 heteroatoms. The summed E-state index contributed by atoms with van der Waals surface area (Å²) in [5.41, 5.74) is 3.78. The Morgan fingerprint density at radius 1 is 1.03 bits per heavy atom. The van der Waals surface area contributed by atoms with Crippen molar-refractivity contribution >= 4 is 67.6 Å². The molecule has 1 aliphatic rings. The van der Waals surface area contributed by atoms with E-state index >= 15 is 0 Å². The van der Waals surface area contributed by atoms with Crippen LogP contribution in [0, 0.1) is 0 Å². The average molecular weight is 554 g/mol. The Hall–Kier alpha value is -2.61. The van der Waals surface area contributed by atoms with E-state index in [-0.39, 0.29) is 5.91 Å². The number of carbonyl (C=O) groups is 1. The third-order valence-corrected chi connectivity index (χ3v) is 7.36. The van der Waals surface area contributed by atoms with Gasteiger partial charge < -0.3 is 9.64 Å². The van der Waals surface area contributed by atoms with Crippen LogP contribution in [0.1, 0.15) is 25.0 Å². The van der Waals surface area contributed by atoms with E-state index in [0.717, 1.165) is 45.8 Å². The molecular formula is C27H25BrN2O2S2. The fourth-order valence-corrected chi connectivity index (χ4v) is 5.26. The highest BCUT2D eigenvalue weighted by Gasteiger charge is 2.33. The smallest absolute Gasteiger partial charge is 0.270 e. The standard InChI is InChI=1S/C27H25BrN2O2S2/c1-3-29(4-2)23-13-10-20(24(17-23)32-18-19-8-6-5-7-9-19)16-25-26(31)30(27(33)34-25)22-14-11-21(28)12-15-22/h5-17H,3-4,18H2,1-2H3/b25-16+. The van der Waals surface area contributed by atoms with Crippen molar-refractivity contribution in [2.24, 2.45) is 0 Å². The molecule has 1 fully saturated rings. The van der Waals surface area contributed by atoms with Crippen molar-refractivity contribution in [2.75, 3.05) is 22.9 Å². The summed E-state index contributed by atoms with van der Waals surface area (Å²) in [5.74, 6) is 0.612. The number of rotatable bonds is 8. The molecule has 0 atom stereocenters. The van der Waals surface area contributed by atoms with Crippen molar-refractivity contribution in [1.82, 2.24) is 0 Å². The first-order valence-corrected chi connectivity index (χ1v) is 13.1. The molecule has 0 radical (unpaired) electrons. The van der Waals surface area contributed by atoms with E-state index in [0.29, 0.717) is 15.8 Å². The number of carbonyl (C=O) groups excluding carboxylic acids is 1. The Kier molecular flexibility index (Phi) is 8.08. The van der Waals surface area contributed by atoms with Crippen LogP contribution in [0.25, 0.3) is 6.08 Å². The number of hydrogen-bond acceptors (Lipinski definition) is 5. The summed E-state index contributed by atoms with van der Waals surface area (Å²) in [7, 11) is 0. The number of ether oxygens (including phenoxy) is 1. The highest BCUT2D eigenvalue weighted by Crippen LogP contribution is 2.38. The summed E-state index contributed by atoms with van der Waals surface area (Å²) in [6, 6.07) is 23.8. The molecule has 0 spiro atoms. The van der Waals surface area contributed by atoms with E-state index in [9.17, 15) is 4.79 Å². The molecular weight excluding hydrogens is 528 g/mol. The number of nitrogens with zero attached hydrogens (tertiary/aromatic N) is 2. The number of halogens is 1. The Labute approximate surface area is 218 Å². The van der Waals surface area contributed by atoms with Crippen molar-refractivity contribution in [3.05, 3.63) is 93.3 Å². The van der Waals surface area contributed by atoms with E-state index in [1.807, 2.05) is 66.7 Å². The van der Waals surface area contributed by atoms with Gasteiger partial charge >= 0.3 is 0 Å². The highest BCUT2D eigenvalue weighted by atomic mass is 79.9. The molecule has 3 aromatic rings. The molecule has 0 bridgehead atoms. The van der Waals surface area contributed by atoms with E-state index in [2.05, 4.69) is 46.8 Å². The molecule has 0 aromatic heterocycles. The van der Waals surface area contributed by atoms with Gasteiger partial charge in [0, 0.05) is 34.9 Å². The zero-order valence-corrected chi connectivity index (χ0v) is 22.3. The van der Waals surface area contributed by atoms with E-state index in [1.165, 1.54) is 11.8 Å². The first kappa shape index (κ1) is 24.5. The topological polar surface area (TPSA) is 32.8 Å². The lowest BCUT2D eigenvalue weighted by Gasteiger charge is -2.22. The van der Waals surface area contributed by atoms with Crippen molar-refractivity contribution in [3.8, 4) is 5.75 Å². The zero-order valence-electron chi connectivity index (χ0n) is 19.0. The molecule has 3 aromatic carbocycles. The molecule has 0 unspecified atom stereocenters. The van der Waals surface area contributed by atoms with Gasteiger partial charge in [0.25, 0.3) is 5.91 Å². The minimum atomic E-state index is -0.126. The minimum Gasteiger partial charge on any atom is -0.488 e. The lowest BCUT2D eigenvalue weighted by molar-refractivity contribution is -0.113. The maximum Gasteiger partial charge on any atom is 0.270 e. The van der Waals surface area contributed by atoms with Gasteiger partial charge in [-0.2, -0.15) is 0 Å². The lowest BCUT2D eigenvalue weighted by atomic mass is 10.1. The number of amides is 1. The molecule has 4 nitrogen and oxygen atoms in total. The van der Waals surface area contributed by atoms with Crippen LogP contribution in [0.2, 0.25) is 0 Å². The van der Waals surface area contributed by atoms with Gasteiger partial charge in [0.05, 0.1) is 10.6 Å². The molecule has 1 saturated heterocycles. The van der Waals surface area contributed by atoms with Gasteiger partial charge in [0.2, 0.25) is 0 Å². The monoisotopic (exact) mass is 552 g/mol. The largest absolute Gasteiger partial charge is 0.488 e. The predicted octanol–water partition coefficient (Wildman–Crippen LogP) is 7.28. The zero-order chi connectivity index (χ0) is 24.1. The van der Waals surface area contributed by atoms with Gasteiger partial charge in [0.15, 0.2) is 4.32 Å². The fourth-order valence-electron chi connectivity index (χ4n) is 3.71. The number of thiocarbonyl (C=S) groups is 1. The van der Waals surface area contributed by atoms with Crippen molar-refractivity contribution in [1.29, 1.82) is 0 Å². The van der Waals surface area contributed by atoms with E-state index in [4.69, 9.17) is 17.0 Å². The molecule has 1 heterocycles. The number of hydrogen-bond donors (Lipinski definition) is 0. The van der Waals surface area contributed by atoms with Gasteiger partial charge in [-0.05, 0) is 61.9 Å². The molecule has 174 valence electrons. The van der Waals surface area contributed by atoms with Crippen LogP contribution in [0.4, 0.5) is 11.4 Å². The van der Waals surface area contributed by atoms with Crippen LogP contribution in [-0.4, -0.2) is 23.3 Å². The molecule has 1 amide bonds. The van der Waals surface area contributed by atoms with Crippen LogP contribution in [0.3, 0.4) is 0 Å². The normalized spacial score (nSPS) is 14.7. The third kappa shape index (κ3) is 5.54. The third-order valence-electron chi connectivity index (χ3n) is 5.53. The minimum absolute atomic E-state index is 0.126. The van der Waals surface area contributed by atoms with E-state index in [1.54, 1.807) is 4.90 Å². The van der Waals surface area contributed by atoms with Crippen LogP contribution in [0.15, 0.2) is 82.2 Å². The molecule has 0 N–H and O–H groups in total. The quantitative estimate of drug-likeness (QED) is 0.216. The Morgan fingerprint density at radius 2 is 1.74 bits per heavy atom. The summed E-state index contributed by atoms with van der Waals surface area (Å²) in [5, 5.41) is 0. The second-order valence-electron chi connectivity index (χ2n) is 7.66. The predicted molar refractivity (Wildman–Crippen MR) is 151 cm³/mol. The first-order valence-electron chi connectivity index (χ1n) is 11.1. The Morgan fingerprint density at radius 3 is 2.41 bits per heavy atom. The number of anilines is 2. The lowest BCUT2D eigenvalue weighted by Crippen LogP contribution is -2.27. The van der Waals surface area contributed by atoms with Crippen LogP contribution in [0.5, 0.6) is 5.75 Å². The molecule has 0 aliphatic carbocycles. The van der Waals surface area contributed by atoms with Crippen molar-refractivity contribution in [3.63, 3.8) is 0 Å². The van der Waals surface area contributed by atoms with Crippen LogP contribution in [-0.2, 0) is 11.4 Å². The Balaban J connectivity index is 1.66. The molecule has 34 heavy (non-hydrogen) atoms. The van der Waals surface area contributed by atoms with Crippen LogP contribution < -0.4 is 14.5 Å². The highest BCUT2D eigenvalue weighted by molar-refractivity contribution is 9.10. The molecule has 0 saturated carbocycles. The molecule has 1 aliphatic heterocycles. The second kappa shape index (κ2) is 11.2. The van der Waals surface area contributed by atoms with Gasteiger partial charge in [-0.25, -0.2) is 0 Å². The first-order chi connectivity index (χ1) is 16.5. The summed E-state index contributed by atoms with van der Waals surface area (Å²) in [4.78, 5) is 17.7. The molecule has 4 rings (SSSR count). The van der Waals surface area contributed by atoms with Crippen molar-refractivity contribution < 1.29 is 9.53 Å². The van der Waals surface area contributed by atoms with Gasteiger partial charge in [-0.3, -0.25) is 9.69 Å². The van der Waals surface area contributed by atoms with Gasteiger partial charge in [-0.15, -0.1) is 0 Å². The maximum absolute atomic E-state index is 13.3. The fraction of sp³-hybridized carbons (Fsp3) is 0.185. The van der Waals surface area contributed by atoms with Crippen molar-refractivity contribution in [2.45, 2.75) is 20.5 Å². The number of benzene rings is 3. The van der Waals surface area contributed by atoms with E-state index < -0.39 is 0 Å². The summed E-state index contributed by atoms with van der Waals surface area (Å²) < 4.78 is 7.72. The maximum atomic E-state index is 13.3. The summed E-state index contributed by atoms with van der Waals surface area (Å²) >= 11 is 10.3. The average Bonchev–Trinajstić information content (AvgIpc) is 3.13. The van der Waals surface area contributed by atoms with Gasteiger partial charge in [-0.1, -0.05) is 70.2 Å². The van der Waals surface area contributed by atoms with Gasteiger partial charge in [0.1, 0.15) is 12.4 Å². The number of thioether (sulfide) groups is 1. The summed E-state index contributed by atoms with van der Waals surface area (Å²) in [6.45, 7) is 6.52. The SMILES string of the molecule is CCN(CC)c1ccc(/C=C2/SC(=S)N(c3ccc(Br)cc3)C2=O)c(OCc2ccccc2)c1. The van der Waals surface area contributed by atoms with Crippen LogP contribution >= 0.6 is 39.9 Å². The second-order valence-corrected chi connectivity index (χ2v) is 10.3. The summed E-state index contributed by atoms with van der Waals surface area (Å²) in [6.07, 6.45) is 1.88. The Bertz CT molecular complexity index is 1210.